The van der Waals surface area contributed by atoms with Crippen LogP contribution in [0.2, 0.25) is 0 Å². The van der Waals surface area contributed by atoms with Crippen molar-refractivity contribution in [3.8, 4) is 5.69 Å². The monoisotopic (exact) mass is 462 g/mol. The van der Waals surface area contributed by atoms with Crippen molar-refractivity contribution >= 4 is 17.3 Å². The van der Waals surface area contributed by atoms with Crippen molar-refractivity contribution in [3.05, 3.63) is 77.6 Å². The maximum atomic E-state index is 5.86. The second kappa shape index (κ2) is 9.59. The number of morpholine rings is 1. The van der Waals surface area contributed by atoms with Crippen LogP contribution in [0.3, 0.4) is 0 Å². The Morgan fingerprint density at radius 2 is 1.94 bits per heavy atom. The molecular formula is C25H30N6OS. The zero-order valence-corrected chi connectivity index (χ0v) is 20.0. The Balaban J connectivity index is 1.52. The third-order valence-corrected chi connectivity index (χ3v) is 7.00. The highest BCUT2D eigenvalue weighted by molar-refractivity contribution is 7.80. The zero-order chi connectivity index (χ0) is 22.8. The average molecular weight is 463 g/mol. The normalized spacial score (nSPS) is 21.4. The third-order valence-electron chi connectivity index (χ3n) is 6.65. The van der Waals surface area contributed by atoms with E-state index in [0.717, 1.165) is 55.9 Å². The molecule has 0 aliphatic carbocycles. The average Bonchev–Trinajstić information content (AvgIpc) is 3.34. The van der Waals surface area contributed by atoms with Crippen molar-refractivity contribution in [2.24, 2.45) is 0 Å². The second-order valence-electron chi connectivity index (χ2n) is 8.65. The van der Waals surface area contributed by atoms with E-state index in [2.05, 4.69) is 61.7 Å². The highest BCUT2D eigenvalue weighted by Gasteiger charge is 2.41. The highest BCUT2D eigenvalue weighted by atomic mass is 32.1. The minimum Gasteiger partial charge on any atom is -0.379 e. The van der Waals surface area contributed by atoms with Crippen molar-refractivity contribution in [2.75, 3.05) is 39.4 Å². The van der Waals surface area contributed by atoms with Gasteiger partial charge in [-0.3, -0.25) is 14.9 Å². The first-order chi connectivity index (χ1) is 16.1. The van der Waals surface area contributed by atoms with Crippen LogP contribution in [-0.2, 0) is 4.74 Å². The molecule has 0 unspecified atom stereocenters. The van der Waals surface area contributed by atoms with Crippen LogP contribution in [-0.4, -0.2) is 68.8 Å². The molecule has 1 N–H and O–H groups in total. The SMILES string of the molecule is Cc1cc([C@H]2[C@@H](c3ccccn3)NC(=S)N2CCN2CCOCC2)c(C)n1-c1cccnc1. The molecule has 0 spiro atoms. The van der Waals surface area contributed by atoms with Gasteiger partial charge in [0.05, 0.1) is 42.9 Å². The molecule has 0 aromatic carbocycles. The van der Waals surface area contributed by atoms with E-state index < -0.39 is 0 Å². The number of pyridine rings is 2. The van der Waals surface area contributed by atoms with Crippen molar-refractivity contribution in [1.82, 2.24) is 29.7 Å². The molecule has 8 heteroatoms. The summed E-state index contributed by atoms with van der Waals surface area (Å²) in [6.07, 6.45) is 5.57. The molecule has 2 fully saturated rings. The third kappa shape index (κ3) is 4.38. The summed E-state index contributed by atoms with van der Waals surface area (Å²) in [6.45, 7) is 9.69. The fourth-order valence-corrected chi connectivity index (χ4v) is 5.36. The molecule has 2 atom stereocenters. The molecule has 2 saturated heterocycles. The van der Waals surface area contributed by atoms with Gasteiger partial charge < -0.3 is 19.5 Å². The van der Waals surface area contributed by atoms with Crippen LogP contribution in [0.4, 0.5) is 0 Å². The molecule has 2 aliphatic heterocycles. The quantitative estimate of drug-likeness (QED) is 0.565. The standard InChI is InChI=1S/C25H30N6OS/c1-18-16-21(19(2)31(18)20-6-5-8-26-17-20)24-23(22-7-3-4-9-27-22)28-25(33)30(24)11-10-29-12-14-32-15-13-29/h3-9,16-17,23-24H,10-15H2,1-2H3,(H,28,33)/t23-,24+/m1/s1. The Morgan fingerprint density at radius 1 is 1.09 bits per heavy atom. The predicted octanol–water partition coefficient (Wildman–Crippen LogP) is 3.19. The van der Waals surface area contributed by atoms with Gasteiger partial charge in [0, 0.05) is 50.0 Å². The lowest BCUT2D eigenvalue weighted by atomic mass is 9.96. The van der Waals surface area contributed by atoms with Gasteiger partial charge in [-0.15, -0.1) is 0 Å². The van der Waals surface area contributed by atoms with Crippen molar-refractivity contribution in [3.63, 3.8) is 0 Å². The molecule has 33 heavy (non-hydrogen) atoms. The predicted molar refractivity (Wildman–Crippen MR) is 132 cm³/mol. The van der Waals surface area contributed by atoms with E-state index in [-0.39, 0.29) is 12.1 Å². The molecule has 7 nitrogen and oxygen atoms in total. The van der Waals surface area contributed by atoms with Crippen LogP contribution < -0.4 is 5.32 Å². The summed E-state index contributed by atoms with van der Waals surface area (Å²) < 4.78 is 7.80. The van der Waals surface area contributed by atoms with Crippen molar-refractivity contribution in [1.29, 1.82) is 0 Å². The fraction of sp³-hybridized carbons (Fsp3) is 0.400. The van der Waals surface area contributed by atoms with Crippen LogP contribution in [0.15, 0.2) is 55.0 Å². The molecule has 172 valence electrons. The summed E-state index contributed by atoms with van der Waals surface area (Å²) in [7, 11) is 0. The minimum absolute atomic E-state index is 0.00811. The van der Waals surface area contributed by atoms with Crippen molar-refractivity contribution in [2.45, 2.75) is 25.9 Å². The van der Waals surface area contributed by atoms with Gasteiger partial charge in [-0.25, -0.2) is 0 Å². The first-order valence-corrected chi connectivity index (χ1v) is 11.9. The van der Waals surface area contributed by atoms with Gasteiger partial charge in [0.25, 0.3) is 0 Å². The Labute approximate surface area is 200 Å². The number of aromatic nitrogens is 3. The van der Waals surface area contributed by atoms with Crippen LogP contribution in [0.25, 0.3) is 5.69 Å². The number of nitrogens with zero attached hydrogens (tertiary/aromatic N) is 5. The van der Waals surface area contributed by atoms with E-state index in [0.29, 0.717) is 0 Å². The molecule has 2 aliphatic rings. The first kappa shape index (κ1) is 22.0. The molecule has 0 saturated carbocycles. The number of aryl methyl sites for hydroxylation is 1. The molecule has 0 bridgehead atoms. The van der Waals surface area contributed by atoms with E-state index in [1.165, 1.54) is 17.0 Å². The van der Waals surface area contributed by atoms with E-state index in [1.54, 1.807) is 0 Å². The van der Waals surface area contributed by atoms with E-state index in [4.69, 9.17) is 17.0 Å². The molecule has 5 heterocycles. The van der Waals surface area contributed by atoms with E-state index in [1.807, 2.05) is 36.8 Å². The topological polar surface area (TPSA) is 58.5 Å². The lowest BCUT2D eigenvalue weighted by Gasteiger charge is -2.32. The van der Waals surface area contributed by atoms with Crippen molar-refractivity contribution < 1.29 is 4.74 Å². The number of nitrogens with one attached hydrogen (secondary N) is 1. The smallest absolute Gasteiger partial charge is 0.170 e. The molecule has 3 aromatic heterocycles. The van der Waals surface area contributed by atoms with Crippen LogP contribution in [0.5, 0.6) is 0 Å². The van der Waals surface area contributed by atoms with Gasteiger partial charge >= 0.3 is 0 Å². The highest BCUT2D eigenvalue weighted by Crippen LogP contribution is 2.41. The summed E-state index contributed by atoms with van der Waals surface area (Å²) >= 11 is 5.86. The zero-order valence-electron chi connectivity index (χ0n) is 19.1. The summed E-state index contributed by atoms with van der Waals surface area (Å²) in [5.41, 5.74) is 5.73. The Bertz CT molecular complexity index is 1100. The number of rotatable bonds is 6. The van der Waals surface area contributed by atoms with E-state index in [9.17, 15) is 0 Å². The Hall–Kier alpha value is -2.81. The lowest BCUT2D eigenvalue weighted by Crippen LogP contribution is -2.42. The molecule has 0 amide bonds. The number of hydrogen-bond acceptors (Lipinski definition) is 5. The summed E-state index contributed by atoms with van der Waals surface area (Å²) in [5.74, 6) is 0. The largest absolute Gasteiger partial charge is 0.379 e. The van der Waals surface area contributed by atoms with Crippen LogP contribution in [0.1, 0.15) is 34.7 Å². The van der Waals surface area contributed by atoms with Gasteiger partial charge in [-0.05, 0) is 62.0 Å². The van der Waals surface area contributed by atoms with Gasteiger partial charge in [-0.2, -0.15) is 0 Å². The van der Waals surface area contributed by atoms with Gasteiger partial charge in [0.1, 0.15) is 0 Å². The molecule has 5 rings (SSSR count). The lowest BCUT2D eigenvalue weighted by molar-refractivity contribution is 0.0350. The maximum absolute atomic E-state index is 5.86. The first-order valence-electron chi connectivity index (χ1n) is 11.5. The minimum atomic E-state index is -0.00811. The Kier molecular flexibility index (Phi) is 6.39. The number of thiocarbonyl (C=S) groups is 1. The van der Waals surface area contributed by atoms with Crippen LogP contribution in [0, 0.1) is 13.8 Å². The fourth-order valence-electron chi connectivity index (χ4n) is 5.03. The van der Waals surface area contributed by atoms with Gasteiger partial charge in [-0.1, -0.05) is 6.07 Å². The number of hydrogen-bond donors (Lipinski definition) is 1. The second-order valence-corrected chi connectivity index (χ2v) is 9.03. The summed E-state index contributed by atoms with van der Waals surface area (Å²) in [6, 6.07) is 12.5. The molecule has 3 aromatic rings. The van der Waals surface area contributed by atoms with Crippen LogP contribution >= 0.6 is 12.2 Å². The Morgan fingerprint density at radius 3 is 2.67 bits per heavy atom. The van der Waals surface area contributed by atoms with Gasteiger partial charge in [0.2, 0.25) is 0 Å². The van der Waals surface area contributed by atoms with E-state index >= 15 is 0 Å². The summed E-state index contributed by atoms with van der Waals surface area (Å²) in [5, 5.41) is 4.37. The molecule has 0 radical (unpaired) electrons. The van der Waals surface area contributed by atoms with Gasteiger partial charge in [0.15, 0.2) is 5.11 Å². The number of ether oxygens (including phenoxy) is 1. The molecular weight excluding hydrogens is 432 g/mol. The maximum Gasteiger partial charge on any atom is 0.170 e. The summed E-state index contributed by atoms with van der Waals surface area (Å²) in [4.78, 5) is 13.8.